The summed E-state index contributed by atoms with van der Waals surface area (Å²) in [6.07, 6.45) is 0.936. The average molecular weight is 241 g/mol. The van der Waals surface area contributed by atoms with Crippen LogP contribution in [0.4, 0.5) is 0 Å². The van der Waals surface area contributed by atoms with E-state index in [2.05, 4.69) is 0 Å². The molecule has 0 aromatic heterocycles. The zero-order valence-corrected chi connectivity index (χ0v) is 10.5. The van der Waals surface area contributed by atoms with Crippen molar-refractivity contribution in [3.63, 3.8) is 0 Å². The number of hydroxylamine groups is 2. The van der Waals surface area contributed by atoms with Gasteiger partial charge in [-0.25, -0.2) is 0 Å². The van der Waals surface area contributed by atoms with E-state index < -0.39 is 0 Å². The third kappa shape index (κ3) is 1.96. The molecule has 0 amide bonds. The normalized spacial score (nSPS) is 41.5. The molecule has 0 radical (unpaired) electrons. The Kier molecular flexibility index (Phi) is 2.47. The van der Waals surface area contributed by atoms with Crippen molar-refractivity contribution in [3.05, 3.63) is 0 Å². The molecule has 0 bridgehead atoms. The van der Waals surface area contributed by atoms with E-state index in [4.69, 9.17) is 14.3 Å². The summed E-state index contributed by atoms with van der Waals surface area (Å²) in [4.78, 5) is 17.4. The van der Waals surface area contributed by atoms with E-state index in [0.717, 1.165) is 13.0 Å². The Bertz CT molecular complexity index is 338. The quantitative estimate of drug-likeness (QED) is 0.633. The minimum Gasteiger partial charge on any atom is -0.462 e. The summed E-state index contributed by atoms with van der Waals surface area (Å²) in [7, 11) is 0. The van der Waals surface area contributed by atoms with E-state index in [9.17, 15) is 4.79 Å². The Morgan fingerprint density at radius 2 is 2.18 bits per heavy atom. The highest BCUT2D eigenvalue weighted by molar-refractivity contribution is 5.76. The Hall–Kier alpha value is -0.650. The molecule has 3 aliphatic heterocycles. The van der Waals surface area contributed by atoms with Gasteiger partial charge in [0.25, 0.3) is 0 Å². The second-order valence-corrected chi connectivity index (χ2v) is 6.05. The predicted molar refractivity (Wildman–Crippen MR) is 59.1 cm³/mol. The Balaban J connectivity index is 1.67. The number of cyclic esters (lactones) is 1. The van der Waals surface area contributed by atoms with Gasteiger partial charge in [-0.1, -0.05) is 0 Å². The molecule has 5 nitrogen and oxygen atoms in total. The number of carbonyl (C=O) groups excluding carboxylic acids is 1. The maximum Gasteiger partial charge on any atom is 0.313 e. The highest BCUT2D eigenvalue weighted by Crippen LogP contribution is 2.40. The Morgan fingerprint density at radius 3 is 2.88 bits per heavy atom. The molecule has 0 unspecified atom stereocenters. The lowest BCUT2D eigenvalue weighted by molar-refractivity contribution is -0.170. The molecular weight excluding hydrogens is 222 g/mol. The van der Waals surface area contributed by atoms with Crippen molar-refractivity contribution in [2.24, 2.45) is 5.92 Å². The zero-order valence-electron chi connectivity index (χ0n) is 10.5. The van der Waals surface area contributed by atoms with Crippen LogP contribution >= 0.6 is 0 Å². The largest absolute Gasteiger partial charge is 0.462 e. The number of carbonyl (C=O) groups is 1. The molecule has 96 valence electrons. The highest BCUT2D eigenvalue weighted by atomic mass is 16.7. The first-order valence-electron chi connectivity index (χ1n) is 6.22. The van der Waals surface area contributed by atoms with Crippen molar-refractivity contribution in [2.45, 2.75) is 51.0 Å². The summed E-state index contributed by atoms with van der Waals surface area (Å²) >= 11 is 0. The van der Waals surface area contributed by atoms with Crippen LogP contribution in [0.5, 0.6) is 0 Å². The average Bonchev–Trinajstić information content (AvgIpc) is 2.75. The molecule has 0 aromatic carbocycles. The van der Waals surface area contributed by atoms with Gasteiger partial charge in [0.05, 0.1) is 24.3 Å². The van der Waals surface area contributed by atoms with Gasteiger partial charge in [0.2, 0.25) is 0 Å². The van der Waals surface area contributed by atoms with E-state index in [1.54, 1.807) is 0 Å². The first-order chi connectivity index (χ1) is 7.94. The summed E-state index contributed by atoms with van der Waals surface area (Å²) in [5, 5.41) is 1.92. The summed E-state index contributed by atoms with van der Waals surface area (Å²) in [5.74, 6) is -0.220. The second-order valence-electron chi connectivity index (χ2n) is 6.05. The molecule has 0 N–H and O–H groups in total. The first kappa shape index (κ1) is 11.4. The predicted octanol–water partition coefficient (Wildman–Crippen LogP) is 0.731. The molecule has 0 aliphatic carbocycles. The third-order valence-corrected chi connectivity index (χ3v) is 3.53. The minimum atomic E-state index is -0.153. The molecule has 3 aliphatic rings. The number of hydrogen-bond acceptors (Lipinski definition) is 5. The number of nitrogens with zero attached hydrogens (tertiary/aromatic N) is 1. The molecule has 17 heavy (non-hydrogen) atoms. The van der Waals surface area contributed by atoms with Gasteiger partial charge in [-0.3, -0.25) is 9.63 Å². The molecule has 0 spiro atoms. The van der Waals surface area contributed by atoms with Crippen molar-refractivity contribution < 1.29 is 19.1 Å². The molecule has 0 aromatic rings. The van der Waals surface area contributed by atoms with Gasteiger partial charge < -0.3 is 9.47 Å². The lowest BCUT2D eigenvalue weighted by atomic mass is 9.95. The van der Waals surface area contributed by atoms with Crippen LogP contribution in [-0.4, -0.2) is 48.0 Å². The monoisotopic (exact) mass is 241 g/mol. The van der Waals surface area contributed by atoms with Crippen LogP contribution in [-0.2, 0) is 19.1 Å². The maximum absolute atomic E-state index is 11.6. The summed E-state index contributed by atoms with van der Waals surface area (Å²) in [5.41, 5.74) is -0.153. The maximum atomic E-state index is 11.6. The van der Waals surface area contributed by atoms with Gasteiger partial charge in [0.1, 0.15) is 18.6 Å². The molecule has 3 rings (SSSR count). The van der Waals surface area contributed by atoms with E-state index in [-0.39, 0.29) is 35.7 Å². The summed E-state index contributed by atoms with van der Waals surface area (Å²) in [6, 6.07) is 0.141. The SMILES string of the molecule is CC(C)(C)O[C@@H]1C[C@@H]2[C@H]3C(=O)OC[C@H]3ON2C1. The van der Waals surface area contributed by atoms with Crippen LogP contribution in [0.2, 0.25) is 0 Å². The van der Waals surface area contributed by atoms with Crippen LogP contribution < -0.4 is 0 Å². The van der Waals surface area contributed by atoms with Crippen LogP contribution in [0.15, 0.2) is 0 Å². The first-order valence-corrected chi connectivity index (χ1v) is 6.22. The molecule has 0 saturated carbocycles. The van der Waals surface area contributed by atoms with Crippen LogP contribution in [0.1, 0.15) is 27.2 Å². The van der Waals surface area contributed by atoms with Crippen molar-refractivity contribution in [3.8, 4) is 0 Å². The fourth-order valence-corrected chi connectivity index (χ4v) is 3.02. The number of hydrogen-bond donors (Lipinski definition) is 0. The smallest absolute Gasteiger partial charge is 0.313 e. The van der Waals surface area contributed by atoms with Crippen molar-refractivity contribution in [1.82, 2.24) is 5.06 Å². The Morgan fingerprint density at radius 1 is 1.41 bits per heavy atom. The fraction of sp³-hybridized carbons (Fsp3) is 0.917. The van der Waals surface area contributed by atoms with Gasteiger partial charge in [-0.05, 0) is 27.2 Å². The van der Waals surface area contributed by atoms with E-state index in [0.29, 0.717) is 6.61 Å². The van der Waals surface area contributed by atoms with Gasteiger partial charge in [-0.2, -0.15) is 5.06 Å². The molecule has 3 heterocycles. The Labute approximate surface area is 101 Å². The van der Waals surface area contributed by atoms with Crippen molar-refractivity contribution in [2.75, 3.05) is 13.2 Å². The van der Waals surface area contributed by atoms with Crippen LogP contribution in [0.25, 0.3) is 0 Å². The van der Waals surface area contributed by atoms with Gasteiger partial charge in [0, 0.05) is 0 Å². The number of fused-ring (bicyclic) bond motifs is 3. The number of esters is 1. The van der Waals surface area contributed by atoms with E-state index in [1.807, 2.05) is 25.8 Å². The summed E-state index contributed by atoms with van der Waals surface area (Å²) in [6.45, 7) is 7.29. The zero-order chi connectivity index (χ0) is 12.2. The number of rotatable bonds is 1. The minimum absolute atomic E-state index is 0.0666. The molecule has 3 fully saturated rings. The number of ether oxygens (including phenoxy) is 2. The lowest BCUT2D eigenvalue weighted by Gasteiger charge is -2.25. The lowest BCUT2D eigenvalue weighted by Crippen LogP contribution is -2.31. The fourth-order valence-electron chi connectivity index (χ4n) is 3.02. The molecular formula is C12H19NO4. The van der Waals surface area contributed by atoms with Crippen LogP contribution in [0, 0.1) is 5.92 Å². The third-order valence-electron chi connectivity index (χ3n) is 3.53. The van der Waals surface area contributed by atoms with E-state index in [1.165, 1.54) is 0 Å². The van der Waals surface area contributed by atoms with Gasteiger partial charge in [-0.15, -0.1) is 0 Å². The van der Waals surface area contributed by atoms with E-state index >= 15 is 0 Å². The topological polar surface area (TPSA) is 48.0 Å². The van der Waals surface area contributed by atoms with Gasteiger partial charge in [0.15, 0.2) is 0 Å². The van der Waals surface area contributed by atoms with Crippen LogP contribution in [0.3, 0.4) is 0 Å². The second kappa shape index (κ2) is 3.67. The van der Waals surface area contributed by atoms with Crippen molar-refractivity contribution in [1.29, 1.82) is 0 Å². The standard InChI is InChI=1S/C12H19NO4/c1-12(2,3)16-7-4-8-10-9(6-15-11(10)14)17-13(8)5-7/h7-10H,4-6H2,1-3H3/t7-,8-,9-,10-/m1/s1. The van der Waals surface area contributed by atoms with Gasteiger partial charge >= 0.3 is 5.97 Å². The summed E-state index contributed by atoms with van der Waals surface area (Å²) < 4.78 is 11.0. The molecule has 3 saturated heterocycles. The highest BCUT2D eigenvalue weighted by Gasteiger charge is 2.56. The molecule has 4 atom stereocenters. The van der Waals surface area contributed by atoms with Crippen molar-refractivity contribution >= 4 is 5.97 Å². The molecule has 5 heteroatoms.